The van der Waals surface area contributed by atoms with Gasteiger partial charge in [-0.3, -0.25) is 0 Å². The number of rotatable bonds is 1. The van der Waals surface area contributed by atoms with Crippen molar-refractivity contribution in [2.24, 2.45) is 0 Å². The van der Waals surface area contributed by atoms with Crippen molar-refractivity contribution >= 4 is 21.5 Å². The molecule has 0 nitrogen and oxygen atoms in total. The molecule has 0 aliphatic rings. The van der Waals surface area contributed by atoms with Crippen LogP contribution in [0.5, 0.6) is 0 Å². The Morgan fingerprint density at radius 1 is 0.500 bits per heavy atom. The van der Waals surface area contributed by atoms with Crippen molar-refractivity contribution in [1.29, 1.82) is 0 Å². The van der Waals surface area contributed by atoms with Crippen molar-refractivity contribution in [1.82, 2.24) is 0 Å². The second-order valence-corrected chi connectivity index (χ2v) is 4.88. The summed E-state index contributed by atoms with van der Waals surface area (Å²) < 4.78 is 0. The summed E-state index contributed by atoms with van der Waals surface area (Å²) in [5, 5.41) is 4.93. The minimum absolute atomic E-state index is 0. The van der Waals surface area contributed by atoms with E-state index in [0.717, 1.165) is 11.1 Å². The van der Waals surface area contributed by atoms with E-state index < -0.39 is 0 Å². The zero-order valence-corrected chi connectivity index (χ0v) is 17.6. The van der Waals surface area contributed by atoms with Crippen molar-refractivity contribution in [3.8, 4) is 11.1 Å². The third-order valence-corrected chi connectivity index (χ3v) is 3.69. The molecule has 0 aliphatic carbocycles. The maximum absolute atomic E-state index is 3.39. The van der Waals surface area contributed by atoms with Gasteiger partial charge in [-0.05, 0) is 0 Å². The van der Waals surface area contributed by atoms with E-state index in [1.54, 1.807) is 0 Å². The second kappa shape index (κ2) is 7.36. The Hall–Kier alpha value is -1.22. The summed E-state index contributed by atoms with van der Waals surface area (Å²) in [5.41, 5.74) is 2.25. The van der Waals surface area contributed by atoms with Crippen molar-refractivity contribution in [3.63, 3.8) is 0 Å². The van der Waals surface area contributed by atoms with E-state index in [9.17, 15) is 0 Å². The fourth-order valence-corrected chi connectivity index (χ4v) is 2.74. The molecular formula is C20H12W2-2. The molecule has 2 heteroatoms. The Balaban J connectivity index is 0.000000882. The molecular weight excluding hydrogens is 608 g/mol. The van der Waals surface area contributed by atoms with E-state index in [2.05, 4.69) is 72.8 Å². The van der Waals surface area contributed by atoms with E-state index in [1.165, 1.54) is 21.5 Å². The van der Waals surface area contributed by atoms with Crippen molar-refractivity contribution in [2.45, 2.75) is 0 Å². The first kappa shape index (κ1) is 17.1. The molecule has 0 atom stereocenters. The summed E-state index contributed by atoms with van der Waals surface area (Å²) in [4.78, 5) is 0. The molecule has 0 spiro atoms. The van der Waals surface area contributed by atoms with Crippen LogP contribution in [0.4, 0.5) is 0 Å². The van der Waals surface area contributed by atoms with E-state index in [4.69, 9.17) is 0 Å². The van der Waals surface area contributed by atoms with Gasteiger partial charge in [-0.2, -0.15) is 24.3 Å². The molecule has 4 aromatic carbocycles. The first-order valence-corrected chi connectivity index (χ1v) is 6.73. The van der Waals surface area contributed by atoms with Gasteiger partial charge in [0.15, 0.2) is 0 Å². The zero-order valence-electron chi connectivity index (χ0n) is 11.7. The van der Waals surface area contributed by atoms with Crippen LogP contribution in [0.25, 0.3) is 32.7 Å². The van der Waals surface area contributed by atoms with Gasteiger partial charge in [0.2, 0.25) is 0 Å². The van der Waals surface area contributed by atoms with Gasteiger partial charge in [0.1, 0.15) is 0 Å². The molecule has 0 fully saturated rings. The number of fused-ring (bicyclic) bond motifs is 2. The van der Waals surface area contributed by atoms with Gasteiger partial charge >= 0.3 is 0 Å². The zero-order chi connectivity index (χ0) is 13.4. The predicted octanol–water partition coefficient (Wildman–Crippen LogP) is 5.26. The van der Waals surface area contributed by atoms with E-state index in [0.29, 0.717) is 0 Å². The van der Waals surface area contributed by atoms with Crippen LogP contribution in [0, 0.1) is 12.1 Å². The van der Waals surface area contributed by atoms with E-state index in [1.807, 2.05) is 12.1 Å². The predicted molar refractivity (Wildman–Crippen MR) is 84.6 cm³/mol. The molecule has 0 aliphatic heterocycles. The van der Waals surface area contributed by atoms with E-state index >= 15 is 0 Å². The smallest absolute Gasteiger partial charge is 0 e. The molecule has 4 aromatic rings. The van der Waals surface area contributed by atoms with Gasteiger partial charge < -0.3 is 0 Å². The van der Waals surface area contributed by atoms with Crippen LogP contribution in [-0.4, -0.2) is 0 Å². The van der Waals surface area contributed by atoms with Gasteiger partial charge in [0.25, 0.3) is 0 Å². The third kappa shape index (κ3) is 2.96. The fraction of sp³-hybridized carbons (Fsp3) is 0. The molecule has 0 amide bonds. The minimum Gasteiger partial charge on any atom is -0.218 e. The summed E-state index contributed by atoms with van der Waals surface area (Å²) in [6, 6.07) is 31.8. The molecule has 106 valence electrons. The third-order valence-electron chi connectivity index (χ3n) is 3.69. The monoisotopic (exact) mass is 620 g/mol. The van der Waals surface area contributed by atoms with Crippen molar-refractivity contribution in [3.05, 3.63) is 84.9 Å². The summed E-state index contributed by atoms with van der Waals surface area (Å²) >= 11 is 0. The average Bonchev–Trinajstić information content (AvgIpc) is 2.54. The maximum atomic E-state index is 3.39. The van der Waals surface area contributed by atoms with Crippen LogP contribution < -0.4 is 0 Å². The molecule has 0 saturated heterocycles. The van der Waals surface area contributed by atoms with Gasteiger partial charge in [0.05, 0.1) is 0 Å². The molecule has 0 unspecified atom stereocenters. The summed E-state index contributed by atoms with van der Waals surface area (Å²) in [7, 11) is 0. The van der Waals surface area contributed by atoms with Crippen molar-refractivity contribution < 1.29 is 42.1 Å². The number of benzene rings is 4. The Labute approximate surface area is 159 Å². The number of hydrogen-bond donors (Lipinski definition) is 0. The SMILES string of the molecule is [W].[W].[c-]1ccc2ccccc2c1-c1[c-]ccc2ccccc12. The average molecular weight is 620 g/mol. The first-order valence-electron chi connectivity index (χ1n) is 6.73. The second-order valence-electron chi connectivity index (χ2n) is 4.88. The van der Waals surface area contributed by atoms with Gasteiger partial charge in [0, 0.05) is 42.1 Å². The quantitative estimate of drug-likeness (QED) is 0.255. The van der Waals surface area contributed by atoms with E-state index in [-0.39, 0.29) is 42.1 Å². The van der Waals surface area contributed by atoms with Crippen LogP contribution in [0.2, 0.25) is 0 Å². The Kier molecular flexibility index (Phi) is 5.73. The number of hydrogen-bond acceptors (Lipinski definition) is 0. The largest absolute Gasteiger partial charge is 0.218 e. The Morgan fingerprint density at radius 3 is 1.36 bits per heavy atom. The van der Waals surface area contributed by atoms with Crippen molar-refractivity contribution in [2.75, 3.05) is 0 Å². The Bertz CT molecular complexity index is 825. The Morgan fingerprint density at radius 2 is 0.909 bits per heavy atom. The molecule has 0 aromatic heterocycles. The fourth-order valence-electron chi connectivity index (χ4n) is 2.74. The molecule has 22 heavy (non-hydrogen) atoms. The summed E-state index contributed by atoms with van der Waals surface area (Å²) in [5.74, 6) is 0. The summed E-state index contributed by atoms with van der Waals surface area (Å²) in [6.07, 6.45) is 0. The van der Waals surface area contributed by atoms with Gasteiger partial charge in [-0.25, -0.2) is 11.1 Å². The van der Waals surface area contributed by atoms with Gasteiger partial charge in [-0.15, -0.1) is 45.8 Å². The molecule has 0 saturated carbocycles. The molecule has 0 bridgehead atoms. The summed E-state index contributed by atoms with van der Waals surface area (Å²) in [6.45, 7) is 0. The van der Waals surface area contributed by atoms with Crippen LogP contribution in [0.1, 0.15) is 0 Å². The molecule has 0 N–H and O–H groups in total. The molecule has 0 heterocycles. The van der Waals surface area contributed by atoms with Crippen LogP contribution in [0.15, 0.2) is 72.8 Å². The first-order chi connectivity index (χ1) is 9.93. The normalized spacial score (nSPS) is 10.0. The molecule has 0 radical (unpaired) electrons. The minimum atomic E-state index is 0. The standard InChI is InChI=1S/C20H12.2W/c1-3-11-17-15(7-1)9-5-13-19(17)20-14-6-10-16-8-2-4-12-18(16)20;;/h1-12H;;/q-2;;. The molecule has 4 rings (SSSR count). The topological polar surface area (TPSA) is 0 Å². The maximum Gasteiger partial charge on any atom is 0 e. The van der Waals surface area contributed by atoms with Crippen LogP contribution in [-0.2, 0) is 42.1 Å². The van der Waals surface area contributed by atoms with Gasteiger partial charge in [-0.1, -0.05) is 36.4 Å². The van der Waals surface area contributed by atoms with Crippen LogP contribution >= 0.6 is 0 Å². The van der Waals surface area contributed by atoms with Crippen LogP contribution in [0.3, 0.4) is 0 Å².